The summed E-state index contributed by atoms with van der Waals surface area (Å²) >= 11 is 0. The van der Waals surface area contributed by atoms with Gasteiger partial charge in [0, 0.05) is 18.1 Å². The molecule has 0 spiro atoms. The molecule has 4 nitrogen and oxygen atoms in total. The Labute approximate surface area is 158 Å². The third-order valence-corrected chi connectivity index (χ3v) is 4.90. The van der Waals surface area contributed by atoms with Gasteiger partial charge >= 0.3 is 0 Å². The number of nitrogens with one attached hydrogen (secondary N) is 1. The molecule has 0 aliphatic heterocycles. The van der Waals surface area contributed by atoms with Crippen molar-refractivity contribution in [2.45, 2.75) is 27.3 Å². The Balaban J connectivity index is 1.67. The number of hydrogen-bond donors (Lipinski definition) is 1. The molecule has 1 N–H and O–H groups in total. The smallest absolute Gasteiger partial charge is 0.291 e. The van der Waals surface area contributed by atoms with E-state index in [2.05, 4.69) is 47.1 Å². The number of carbonyl (C=O) groups is 1. The minimum Gasteiger partial charge on any atom is -0.456 e. The predicted octanol–water partition coefficient (Wildman–Crippen LogP) is 5.46. The van der Waals surface area contributed by atoms with Crippen molar-refractivity contribution in [3.05, 3.63) is 89.0 Å². The number of aryl methyl sites for hydroxylation is 3. The van der Waals surface area contributed by atoms with E-state index in [9.17, 15) is 4.79 Å². The second-order valence-electron chi connectivity index (χ2n) is 6.98. The molecule has 0 atom stereocenters. The van der Waals surface area contributed by atoms with Crippen molar-refractivity contribution in [2.75, 3.05) is 5.32 Å². The molecular weight excluding hydrogens is 336 g/mol. The highest BCUT2D eigenvalue weighted by molar-refractivity contribution is 6.08. The SMILES string of the molecule is Cc1ccc(Cn2cc(NC(=O)c3cc(C)c(C)o3)c3ccccc32)cc1. The zero-order valence-corrected chi connectivity index (χ0v) is 15.7. The predicted molar refractivity (Wildman–Crippen MR) is 108 cm³/mol. The second-order valence-corrected chi connectivity index (χ2v) is 6.98. The number of rotatable bonds is 4. The highest BCUT2D eigenvalue weighted by Crippen LogP contribution is 2.27. The zero-order chi connectivity index (χ0) is 19.0. The quantitative estimate of drug-likeness (QED) is 0.526. The van der Waals surface area contributed by atoms with Crippen LogP contribution in [-0.2, 0) is 6.54 Å². The van der Waals surface area contributed by atoms with Crippen molar-refractivity contribution in [3.8, 4) is 0 Å². The van der Waals surface area contributed by atoms with Crippen LogP contribution in [0.2, 0.25) is 0 Å². The van der Waals surface area contributed by atoms with E-state index in [0.29, 0.717) is 5.76 Å². The highest BCUT2D eigenvalue weighted by atomic mass is 16.3. The minimum atomic E-state index is -0.232. The number of furan rings is 1. The molecule has 0 radical (unpaired) electrons. The number of benzene rings is 2. The van der Waals surface area contributed by atoms with Crippen LogP contribution in [0.1, 0.15) is 33.0 Å². The van der Waals surface area contributed by atoms with Crippen LogP contribution in [-0.4, -0.2) is 10.5 Å². The first kappa shape index (κ1) is 17.2. The van der Waals surface area contributed by atoms with Crippen LogP contribution in [0.25, 0.3) is 10.9 Å². The molecule has 4 aromatic rings. The largest absolute Gasteiger partial charge is 0.456 e. The van der Waals surface area contributed by atoms with Gasteiger partial charge in [-0.2, -0.15) is 0 Å². The summed E-state index contributed by atoms with van der Waals surface area (Å²) in [6, 6.07) is 18.4. The summed E-state index contributed by atoms with van der Waals surface area (Å²) in [5, 5.41) is 4.02. The van der Waals surface area contributed by atoms with E-state index < -0.39 is 0 Å². The zero-order valence-electron chi connectivity index (χ0n) is 15.7. The van der Waals surface area contributed by atoms with Crippen LogP contribution in [0.15, 0.2) is 65.2 Å². The van der Waals surface area contributed by atoms with Gasteiger partial charge in [-0.1, -0.05) is 48.0 Å². The Kier molecular flexibility index (Phi) is 4.32. The Bertz CT molecular complexity index is 1100. The van der Waals surface area contributed by atoms with Crippen LogP contribution in [0.3, 0.4) is 0 Å². The van der Waals surface area contributed by atoms with E-state index in [1.165, 1.54) is 11.1 Å². The summed E-state index contributed by atoms with van der Waals surface area (Å²) in [6.07, 6.45) is 1.99. The maximum absolute atomic E-state index is 12.6. The monoisotopic (exact) mass is 358 g/mol. The molecule has 0 fully saturated rings. The summed E-state index contributed by atoms with van der Waals surface area (Å²) in [7, 11) is 0. The molecule has 136 valence electrons. The van der Waals surface area contributed by atoms with Crippen LogP contribution < -0.4 is 5.32 Å². The van der Waals surface area contributed by atoms with Crippen molar-refractivity contribution < 1.29 is 9.21 Å². The van der Waals surface area contributed by atoms with E-state index in [0.717, 1.165) is 34.5 Å². The number of fused-ring (bicyclic) bond motifs is 1. The molecule has 2 aromatic carbocycles. The molecule has 1 amide bonds. The van der Waals surface area contributed by atoms with E-state index >= 15 is 0 Å². The Hall–Kier alpha value is -3.27. The number of para-hydroxylation sites is 1. The molecule has 2 heterocycles. The van der Waals surface area contributed by atoms with Gasteiger partial charge in [0.1, 0.15) is 5.76 Å². The molecule has 4 rings (SSSR count). The van der Waals surface area contributed by atoms with Crippen molar-refractivity contribution in [1.82, 2.24) is 4.57 Å². The molecule has 0 saturated carbocycles. The lowest BCUT2D eigenvalue weighted by atomic mass is 10.1. The maximum atomic E-state index is 12.6. The van der Waals surface area contributed by atoms with Crippen molar-refractivity contribution in [3.63, 3.8) is 0 Å². The Morgan fingerprint density at radius 1 is 1.04 bits per heavy atom. The number of nitrogens with zero attached hydrogens (tertiary/aromatic N) is 1. The highest BCUT2D eigenvalue weighted by Gasteiger charge is 2.16. The average molecular weight is 358 g/mol. The van der Waals surface area contributed by atoms with Crippen LogP contribution >= 0.6 is 0 Å². The summed E-state index contributed by atoms with van der Waals surface area (Å²) in [6.45, 7) is 6.62. The van der Waals surface area contributed by atoms with Crippen LogP contribution in [0, 0.1) is 20.8 Å². The van der Waals surface area contributed by atoms with Crippen molar-refractivity contribution >= 4 is 22.5 Å². The standard InChI is InChI=1S/C23H22N2O2/c1-15-8-10-18(11-9-15)13-25-14-20(19-6-4-5-7-21(19)25)24-23(26)22-12-16(2)17(3)27-22/h4-12,14H,13H2,1-3H3,(H,24,26). The van der Waals surface area contributed by atoms with E-state index in [1.807, 2.05) is 38.2 Å². The molecule has 0 bridgehead atoms. The van der Waals surface area contributed by atoms with Gasteiger partial charge < -0.3 is 14.3 Å². The summed E-state index contributed by atoms with van der Waals surface area (Å²) in [4.78, 5) is 12.6. The number of anilines is 1. The number of carbonyl (C=O) groups excluding carboxylic acids is 1. The van der Waals surface area contributed by atoms with Crippen molar-refractivity contribution in [2.24, 2.45) is 0 Å². The van der Waals surface area contributed by atoms with Crippen LogP contribution in [0.4, 0.5) is 5.69 Å². The lowest BCUT2D eigenvalue weighted by Crippen LogP contribution is -2.10. The topological polar surface area (TPSA) is 47.2 Å². The Morgan fingerprint density at radius 2 is 1.78 bits per heavy atom. The average Bonchev–Trinajstić information content (AvgIpc) is 3.18. The lowest BCUT2D eigenvalue weighted by molar-refractivity contribution is 0.0995. The number of hydrogen-bond acceptors (Lipinski definition) is 2. The molecule has 0 unspecified atom stereocenters. The van der Waals surface area contributed by atoms with Gasteiger partial charge in [-0.05, 0) is 44.0 Å². The van der Waals surface area contributed by atoms with Gasteiger partial charge in [0.05, 0.1) is 11.2 Å². The summed E-state index contributed by atoms with van der Waals surface area (Å²) in [5.74, 6) is 0.867. The molecule has 0 aliphatic carbocycles. The van der Waals surface area contributed by atoms with E-state index in [-0.39, 0.29) is 5.91 Å². The first-order valence-electron chi connectivity index (χ1n) is 9.03. The lowest BCUT2D eigenvalue weighted by Gasteiger charge is -2.05. The van der Waals surface area contributed by atoms with E-state index in [1.54, 1.807) is 6.07 Å². The second kappa shape index (κ2) is 6.80. The minimum absolute atomic E-state index is 0.232. The van der Waals surface area contributed by atoms with E-state index in [4.69, 9.17) is 4.42 Å². The Morgan fingerprint density at radius 3 is 2.48 bits per heavy atom. The number of aromatic nitrogens is 1. The first-order chi connectivity index (χ1) is 13.0. The first-order valence-corrected chi connectivity index (χ1v) is 9.03. The van der Waals surface area contributed by atoms with Gasteiger partial charge in [-0.15, -0.1) is 0 Å². The fourth-order valence-electron chi connectivity index (χ4n) is 3.24. The van der Waals surface area contributed by atoms with Gasteiger partial charge in [0.15, 0.2) is 5.76 Å². The molecule has 27 heavy (non-hydrogen) atoms. The van der Waals surface area contributed by atoms with Gasteiger partial charge in [0.2, 0.25) is 0 Å². The number of amides is 1. The third-order valence-electron chi connectivity index (χ3n) is 4.90. The maximum Gasteiger partial charge on any atom is 0.291 e. The summed E-state index contributed by atoms with van der Waals surface area (Å²) < 4.78 is 7.72. The normalized spacial score (nSPS) is 11.1. The van der Waals surface area contributed by atoms with Crippen molar-refractivity contribution in [1.29, 1.82) is 0 Å². The fraction of sp³-hybridized carbons (Fsp3) is 0.174. The van der Waals surface area contributed by atoms with Gasteiger partial charge in [-0.3, -0.25) is 4.79 Å². The third kappa shape index (κ3) is 3.38. The molecule has 0 aliphatic rings. The molecule has 2 aromatic heterocycles. The fourth-order valence-corrected chi connectivity index (χ4v) is 3.24. The molecule has 0 saturated heterocycles. The van der Waals surface area contributed by atoms with Crippen LogP contribution in [0.5, 0.6) is 0 Å². The summed E-state index contributed by atoms with van der Waals surface area (Å²) in [5.41, 5.74) is 5.31. The molecule has 4 heteroatoms. The van der Waals surface area contributed by atoms with Gasteiger partial charge in [-0.25, -0.2) is 0 Å². The molecular formula is C23H22N2O2. The van der Waals surface area contributed by atoms with Gasteiger partial charge in [0.25, 0.3) is 5.91 Å².